The lowest BCUT2D eigenvalue weighted by molar-refractivity contribution is -0.384. The van der Waals surface area contributed by atoms with E-state index in [4.69, 9.17) is 0 Å². The van der Waals surface area contributed by atoms with Gasteiger partial charge < -0.3 is 15.5 Å². The maximum Gasteiger partial charge on any atom is 0.292 e. The zero-order chi connectivity index (χ0) is 14.5. The largest absolute Gasteiger partial charge is 0.371 e. The zero-order valence-corrected chi connectivity index (χ0v) is 12.4. The molecule has 7 nitrogen and oxygen atoms in total. The van der Waals surface area contributed by atoms with E-state index in [1.165, 1.54) is 6.07 Å². The second-order valence-electron chi connectivity index (χ2n) is 4.40. The van der Waals surface area contributed by atoms with E-state index in [1.807, 2.05) is 0 Å². The molecule has 2 N–H and O–H groups in total. The molecule has 0 unspecified atom stereocenters. The van der Waals surface area contributed by atoms with Crippen LogP contribution in [0, 0.1) is 10.1 Å². The third-order valence-electron chi connectivity index (χ3n) is 3.06. The summed E-state index contributed by atoms with van der Waals surface area (Å²) < 4.78 is 0.722. The van der Waals surface area contributed by atoms with Gasteiger partial charge in [0.2, 0.25) is 5.91 Å². The third-order valence-corrected chi connectivity index (χ3v) is 3.55. The molecule has 1 saturated heterocycles. The summed E-state index contributed by atoms with van der Waals surface area (Å²) in [5, 5.41) is 16.9. The van der Waals surface area contributed by atoms with E-state index in [0.717, 1.165) is 17.6 Å². The molecule has 0 radical (unpaired) electrons. The minimum atomic E-state index is -0.468. The van der Waals surface area contributed by atoms with Crippen molar-refractivity contribution < 1.29 is 9.72 Å². The Labute approximate surface area is 124 Å². The number of rotatable bonds is 4. The van der Waals surface area contributed by atoms with Crippen molar-refractivity contribution >= 4 is 33.2 Å². The molecular weight excluding hydrogens is 328 g/mol. The fourth-order valence-electron chi connectivity index (χ4n) is 2.01. The Bertz CT molecular complexity index is 517. The minimum Gasteiger partial charge on any atom is -0.371 e. The van der Waals surface area contributed by atoms with Crippen LogP contribution in [-0.2, 0) is 4.79 Å². The molecular formula is C12H15BrN4O3. The Kier molecular flexibility index (Phi) is 4.91. The fourth-order valence-corrected chi connectivity index (χ4v) is 2.37. The van der Waals surface area contributed by atoms with E-state index in [9.17, 15) is 14.9 Å². The lowest BCUT2D eigenvalue weighted by Crippen LogP contribution is -2.48. The van der Waals surface area contributed by atoms with Crippen LogP contribution in [0.5, 0.6) is 0 Å². The quantitative estimate of drug-likeness (QED) is 0.634. The predicted octanol–water partition coefficient (Wildman–Crippen LogP) is 1.20. The van der Waals surface area contributed by atoms with Crippen LogP contribution in [-0.4, -0.2) is 48.5 Å². The SMILES string of the molecule is O=C(CNc1cc(Br)ccc1[N+](=O)[O-])N1CCNCC1. The van der Waals surface area contributed by atoms with Crippen molar-refractivity contribution in [2.75, 3.05) is 38.0 Å². The first kappa shape index (κ1) is 14.7. The van der Waals surface area contributed by atoms with Gasteiger partial charge in [0, 0.05) is 36.7 Å². The standard InChI is InChI=1S/C12H15BrN4O3/c13-9-1-2-11(17(19)20)10(7-9)15-8-12(18)16-5-3-14-4-6-16/h1-2,7,14-15H,3-6,8H2. The molecule has 0 spiro atoms. The van der Waals surface area contributed by atoms with Gasteiger partial charge >= 0.3 is 0 Å². The van der Waals surface area contributed by atoms with E-state index in [2.05, 4.69) is 26.6 Å². The summed E-state index contributed by atoms with van der Waals surface area (Å²) >= 11 is 3.26. The molecule has 1 aliphatic rings. The van der Waals surface area contributed by atoms with Gasteiger partial charge in [0.1, 0.15) is 5.69 Å². The summed E-state index contributed by atoms with van der Waals surface area (Å²) in [5.41, 5.74) is 0.300. The smallest absolute Gasteiger partial charge is 0.292 e. The van der Waals surface area contributed by atoms with Crippen molar-refractivity contribution in [1.82, 2.24) is 10.2 Å². The van der Waals surface area contributed by atoms with Gasteiger partial charge in [0.25, 0.3) is 5.69 Å². The normalized spacial score (nSPS) is 14.9. The highest BCUT2D eigenvalue weighted by Crippen LogP contribution is 2.27. The second kappa shape index (κ2) is 6.67. The molecule has 0 atom stereocenters. The summed E-state index contributed by atoms with van der Waals surface area (Å²) in [6, 6.07) is 4.60. The molecule has 1 amide bonds. The summed E-state index contributed by atoms with van der Waals surface area (Å²) in [6.45, 7) is 2.95. The van der Waals surface area contributed by atoms with Gasteiger partial charge in [-0.25, -0.2) is 0 Å². The van der Waals surface area contributed by atoms with Crippen LogP contribution < -0.4 is 10.6 Å². The molecule has 108 valence electrons. The van der Waals surface area contributed by atoms with E-state index >= 15 is 0 Å². The molecule has 0 aromatic heterocycles. The number of benzene rings is 1. The fraction of sp³-hybridized carbons (Fsp3) is 0.417. The molecule has 1 aromatic carbocycles. The Morgan fingerprint density at radius 3 is 2.80 bits per heavy atom. The number of anilines is 1. The minimum absolute atomic E-state index is 0.0405. The van der Waals surface area contributed by atoms with Crippen LogP contribution in [0.15, 0.2) is 22.7 Å². The third kappa shape index (κ3) is 3.67. The molecule has 0 bridgehead atoms. The number of nitrogens with one attached hydrogen (secondary N) is 2. The van der Waals surface area contributed by atoms with Crippen molar-refractivity contribution in [1.29, 1.82) is 0 Å². The number of nitro benzene ring substituents is 1. The molecule has 0 aliphatic carbocycles. The zero-order valence-electron chi connectivity index (χ0n) is 10.8. The maximum absolute atomic E-state index is 12.0. The summed E-state index contributed by atoms with van der Waals surface area (Å²) in [6.07, 6.45) is 0. The van der Waals surface area contributed by atoms with Crippen molar-refractivity contribution in [3.05, 3.63) is 32.8 Å². The molecule has 1 fully saturated rings. The molecule has 1 aromatic rings. The molecule has 8 heteroatoms. The average Bonchev–Trinajstić information content (AvgIpc) is 2.45. The highest BCUT2D eigenvalue weighted by atomic mass is 79.9. The molecule has 1 heterocycles. The van der Waals surface area contributed by atoms with Crippen molar-refractivity contribution in [2.45, 2.75) is 0 Å². The first-order valence-electron chi connectivity index (χ1n) is 6.24. The molecule has 1 aliphatic heterocycles. The molecule has 0 saturated carbocycles. The topological polar surface area (TPSA) is 87.5 Å². The number of nitrogens with zero attached hydrogens (tertiary/aromatic N) is 2. The van der Waals surface area contributed by atoms with Gasteiger partial charge in [0.05, 0.1) is 11.5 Å². The molecule has 2 rings (SSSR count). The van der Waals surface area contributed by atoms with Crippen molar-refractivity contribution in [3.63, 3.8) is 0 Å². The number of carbonyl (C=O) groups is 1. The van der Waals surface area contributed by atoms with Gasteiger partial charge in [0.15, 0.2) is 0 Å². The van der Waals surface area contributed by atoms with Gasteiger partial charge in [-0.3, -0.25) is 14.9 Å². The summed E-state index contributed by atoms with van der Waals surface area (Å²) in [5.74, 6) is -0.0548. The monoisotopic (exact) mass is 342 g/mol. The van der Waals surface area contributed by atoms with Gasteiger partial charge in [-0.2, -0.15) is 0 Å². The average molecular weight is 343 g/mol. The van der Waals surface area contributed by atoms with Crippen LogP contribution in [0.25, 0.3) is 0 Å². The number of carbonyl (C=O) groups excluding carboxylic acids is 1. The van der Waals surface area contributed by atoms with Gasteiger partial charge in [-0.05, 0) is 12.1 Å². The predicted molar refractivity (Wildman–Crippen MR) is 78.7 cm³/mol. The number of hydrogen-bond acceptors (Lipinski definition) is 5. The summed E-state index contributed by atoms with van der Waals surface area (Å²) in [4.78, 5) is 24.2. The highest BCUT2D eigenvalue weighted by Gasteiger charge is 2.18. The number of hydrogen-bond donors (Lipinski definition) is 2. The number of piperazine rings is 1. The van der Waals surface area contributed by atoms with Gasteiger partial charge in [-0.1, -0.05) is 15.9 Å². The number of amides is 1. The first-order chi connectivity index (χ1) is 9.58. The second-order valence-corrected chi connectivity index (χ2v) is 5.32. The van der Waals surface area contributed by atoms with E-state index in [-0.39, 0.29) is 18.1 Å². The van der Waals surface area contributed by atoms with Crippen molar-refractivity contribution in [2.24, 2.45) is 0 Å². The lowest BCUT2D eigenvalue weighted by atomic mass is 10.2. The van der Waals surface area contributed by atoms with Crippen molar-refractivity contribution in [3.8, 4) is 0 Å². The van der Waals surface area contributed by atoms with Crippen LogP contribution in [0.2, 0.25) is 0 Å². The number of halogens is 1. The first-order valence-corrected chi connectivity index (χ1v) is 7.03. The Hall–Kier alpha value is -1.67. The van der Waals surface area contributed by atoms with Crippen LogP contribution in [0.3, 0.4) is 0 Å². The van der Waals surface area contributed by atoms with Crippen LogP contribution in [0.1, 0.15) is 0 Å². The van der Waals surface area contributed by atoms with Gasteiger partial charge in [-0.15, -0.1) is 0 Å². The summed E-state index contributed by atoms with van der Waals surface area (Å²) in [7, 11) is 0. The van der Waals surface area contributed by atoms with E-state index in [0.29, 0.717) is 18.8 Å². The highest BCUT2D eigenvalue weighted by molar-refractivity contribution is 9.10. The van der Waals surface area contributed by atoms with Crippen LogP contribution in [0.4, 0.5) is 11.4 Å². The van der Waals surface area contributed by atoms with E-state index < -0.39 is 4.92 Å². The molecule has 20 heavy (non-hydrogen) atoms. The Balaban J connectivity index is 2.01. The Morgan fingerprint density at radius 2 is 2.15 bits per heavy atom. The Morgan fingerprint density at radius 1 is 1.45 bits per heavy atom. The number of nitro groups is 1. The van der Waals surface area contributed by atoms with E-state index in [1.54, 1.807) is 17.0 Å². The lowest BCUT2D eigenvalue weighted by Gasteiger charge is -2.27. The maximum atomic E-state index is 12.0. The van der Waals surface area contributed by atoms with Crippen LogP contribution >= 0.6 is 15.9 Å².